The zero-order valence-electron chi connectivity index (χ0n) is 15.7. The molecule has 0 aromatic heterocycles. The number of carbonyl (C=O) groups is 1. The lowest BCUT2D eigenvalue weighted by molar-refractivity contribution is -0.757. The summed E-state index contributed by atoms with van der Waals surface area (Å²) in [5.41, 5.74) is -0.425. The Morgan fingerprint density at radius 1 is 1.04 bits per heavy atom. The van der Waals surface area contributed by atoms with E-state index in [9.17, 15) is 14.9 Å². The second-order valence-corrected chi connectivity index (χ2v) is 6.37. The summed E-state index contributed by atoms with van der Waals surface area (Å²) >= 11 is 0. The summed E-state index contributed by atoms with van der Waals surface area (Å²) in [7, 11) is 1.50. The van der Waals surface area contributed by atoms with Crippen LogP contribution in [-0.2, 0) is 24.7 Å². The number of hydrogen-bond acceptors (Lipinski definition) is 6. The maximum absolute atomic E-state index is 12.7. The van der Waals surface area contributed by atoms with Crippen molar-refractivity contribution in [1.29, 1.82) is 0 Å². The minimum absolute atomic E-state index is 0.0929. The second kappa shape index (κ2) is 9.87. The topological polar surface area (TPSA) is 87.9 Å². The molecule has 2 aromatic rings. The number of methoxy groups -OCH3 is 1. The Morgan fingerprint density at radius 2 is 1.70 bits per heavy atom. The molecular weight excluding hydrogens is 350 g/mol. The Balaban J connectivity index is 1.90. The van der Waals surface area contributed by atoms with Gasteiger partial charge in [0.2, 0.25) is 0 Å². The Bertz CT molecular complexity index is 773. The summed E-state index contributed by atoms with van der Waals surface area (Å²) in [4.78, 5) is 27.0. The average molecular weight is 375 g/mol. The van der Waals surface area contributed by atoms with E-state index in [0.29, 0.717) is 12.8 Å². The number of nitrogens with zero attached hydrogens (tertiary/aromatic N) is 1. The third-order valence-corrected chi connectivity index (χ3v) is 4.57. The van der Waals surface area contributed by atoms with E-state index in [0.717, 1.165) is 29.2 Å². The number of benzene rings is 2. The molecule has 0 spiro atoms. The van der Waals surface area contributed by atoms with Crippen LogP contribution in [0.1, 0.15) is 38.2 Å². The van der Waals surface area contributed by atoms with E-state index >= 15 is 0 Å². The van der Waals surface area contributed by atoms with E-state index in [-0.39, 0.29) is 13.2 Å². The van der Waals surface area contributed by atoms with Gasteiger partial charge in [0, 0.05) is 12.7 Å². The van der Waals surface area contributed by atoms with Crippen molar-refractivity contribution in [3.8, 4) is 0 Å². The highest BCUT2D eigenvalue weighted by atomic mass is 16.9. The minimum atomic E-state index is -1.19. The fourth-order valence-corrected chi connectivity index (χ4v) is 2.94. The molecule has 0 bridgehead atoms. The summed E-state index contributed by atoms with van der Waals surface area (Å²) in [6.07, 6.45) is 2.85. The molecular formula is C20H25NO6. The first-order valence-electron chi connectivity index (χ1n) is 8.97. The lowest BCUT2D eigenvalue weighted by atomic mass is 9.90. The number of ether oxygens (including phenoxy) is 2. The van der Waals surface area contributed by atoms with Crippen LogP contribution in [0, 0.1) is 10.1 Å². The molecule has 7 nitrogen and oxygen atoms in total. The summed E-state index contributed by atoms with van der Waals surface area (Å²) in [6, 6.07) is 13.6. The first-order chi connectivity index (χ1) is 13.0. The van der Waals surface area contributed by atoms with Gasteiger partial charge in [0.1, 0.15) is 0 Å². The van der Waals surface area contributed by atoms with Crippen molar-refractivity contribution in [2.45, 2.75) is 38.2 Å². The van der Waals surface area contributed by atoms with Crippen molar-refractivity contribution >= 4 is 16.7 Å². The van der Waals surface area contributed by atoms with Crippen LogP contribution in [0.15, 0.2) is 42.5 Å². The normalized spacial score (nSPS) is 13.1. The third kappa shape index (κ3) is 5.40. The van der Waals surface area contributed by atoms with Gasteiger partial charge in [0.05, 0.1) is 13.2 Å². The van der Waals surface area contributed by atoms with Gasteiger partial charge in [0.15, 0.2) is 5.60 Å². The Hall–Kier alpha value is -2.67. The van der Waals surface area contributed by atoms with Gasteiger partial charge in [-0.1, -0.05) is 48.9 Å². The van der Waals surface area contributed by atoms with Crippen molar-refractivity contribution in [1.82, 2.24) is 0 Å². The molecule has 0 heterocycles. The first-order valence-corrected chi connectivity index (χ1v) is 8.97. The molecule has 0 unspecified atom stereocenters. The third-order valence-electron chi connectivity index (χ3n) is 4.57. The van der Waals surface area contributed by atoms with Gasteiger partial charge in [-0.2, -0.15) is 0 Å². The fraction of sp³-hybridized carbons (Fsp3) is 0.450. The van der Waals surface area contributed by atoms with Gasteiger partial charge in [0.25, 0.3) is 5.09 Å². The monoisotopic (exact) mass is 375 g/mol. The van der Waals surface area contributed by atoms with Gasteiger partial charge in [-0.15, -0.1) is 10.1 Å². The zero-order valence-corrected chi connectivity index (χ0v) is 15.7. The van der Waals surface area contributed by atoms with E-state index in [1.54, 1.807) is 6.92 Å². The van der Waals surface area contributed by atoms with Gasteiger partial charge in [-0.05, 0) is 37.0 Å². The summed E-state index contributed by atoms with van der Waals surface area (Å²) < 4.78 is 11.0. The molecule has 0 aliphatic carbocycles. The molecule has 0 aliphatic heterocycles. The van der Waals surface area contributed by atoms with Gasteiger partial charge >= 0.3 is 5.97 Å². The summed E-state index contributed by atoms with van der Waals surface area (Å²) in [5, 5.41) is 11.2. The first kappa shape index (κ1) is 20.6. The molecule has 2 rings (SSSR count). The molecule has 0 aliphatic rings. The molecule has 0 fully saturated rings. The standard InChI is InChI=1S/C20H25NO6/c1-20(25-2,18-13-9-11-16-10-5-6-12-17(16)18)19(22)26-14-7-3-4-8-15-27-21(23)24/h5-6,9-13H,3-4,7-8,14-15H2,1-2H3/t20-/m0/s1. The van der Waals surface area contributed by atoms with Crippen molar-refractivity contribution in [2.24, 2.45) is 0 Å². The number of carbonyl (C=O) groups excluding carboxylic acids is 1. The molecule has 0 amide bonds. The van der Waals surface area contributed by atoms with Gasteiger partial charge in [-0.25, -0.2) is 4.79 Å². The van der Waals surface area contributed by atoms with Crippen LogP contribution >= 0.6 is 0 Å². The molecule has 27 heavy (non-hydrogen) atoms. The SMILES string of the molecule is CO[C@](C)(C(=O)OCCCCCCO[N+](=O)[O-])c1cccc2ccccc12. The van der Waals surface area contributed by atoms with Crippen molar-refractivity contribution < 1.29 is 24.2 Å². The second-order valence-electron chi connectivity index (χ2n) is 6.37. The van der Waals surface area contributed by atoms with E-state index in [1.165, 1.54) is 7.11 Å². The molecule has 146 valence electrons. The van der Waals surface area contributed by atoms with Gasteiger partial charge < -0.3 is 14.3 Å². The molecule has 0 N–H and O–H groups in total. The summed E-state index contributed by atoms with van der Waals surface area (Å²) in [6.45, 7) is 2.08. The smallest absolute Gasteiger partial charge is 0.342 e. The van der Waals surface area contributed by atoms with Crippen LogP contribution in [-0.4, -0.2) is 31.4 Å². The van der Waals surface area contributed by atoms with Crippen LogP contribution in [0.4, 0.5) is 0 Å². The zero-order chi connectivity index (χ0) is 19.7. The van der Waals surface area contributed by atoms with Gasteiger partial charge in [-0.3, -0.25) is 0 Å². The van der Waals surface area contributed by atoms with E-state index < -0.39 is 16.7 Å². The van der Waals surface area contributed by atoms with Crippen molar-refractivity contribution in [3.63, 3.8) is 0 Å². The lowest BCUT2D eigenvalue weighted by Crippen LogP contribution is -2.36. The molecule has 0 radical (unpaired) electrons. The highest BCUT2D eigenvalue weighted by Crippen LogP contribution is 2.32. The minimum Gasteiger partial charge on any atom is -0.463 e. The highest BCUT2D eigenvalue weighted by Gasteiger charge is 2.38. The number of rotatable bonds is 11. The van der Waals surface area contributed by atoms with E-state index in [1.807, 2.05) is 42.5 Å². The van der Waals surface area contributed by atoms with Crippen LogP contribution < -0.4 is 0 Å². The van der Waals surface area contributed by atoms with Crippen molar-refractivity contribution in [3.05, 3.63) is 58.1 Å². The van der Waals surface area contributed by atoms with Crippen molar-refractivity contribution in [2.75, 3.05) is 20.3 Å². The molecule has 0 saturated heterocycles. The summed E-state index contributed by atoms with van der Waals surface area (Å²) in [5.74, 6) is -0.432. The molecule has 2 aromatic carbocycles. The Labute approximate surface area is 158 Å². The van der Waals surface area contributed by atoms with Crippen LogP contribution in [0.2, 0.25) is 0 Å². The van der Waals surface area contributed by atoms with Crippen LogP contribution in [0.5, 0.6) is 0 Å². The number of unbranched alkanes of at least 4 members (excludes halogenated alkanes) is 3. The highest BCUT2D eigenvalue weighted by molar-refractivity contribution is 5.92. The van der Waals surface area contributed by atoms with Crippen LogP contribution in [0.25, 0.3) is 10.8 Å². The van der Waals surface area contributed by atoms with E-state index in [2.05, 4.69) is 4.84 Å². The number of fused-ring (bicyclic) bond motifs is 1. The van der Waals surface area contributed by atoms with E-state index in [4.69, 9.17) is 9.47 Å². The maximum Gasteiger partial charge on any atom is 0.342 e. The van der Waals surface area contributed by atoms with Crippen LogP contribution in [0.3, 0.4) is 0 Å². The Morgan fingerprint density at radius 3 is 2.41 bits per heavy atom. The quantitative estimate of drug-likeness (QED) is 0.255. The predicted molar refractivity (Wildman–Crippen MR) is 101 cm³/mol. The average Bonchev–Trinajstić information content (AvgIpc) is 2.68. The fourth-order valence-electron chi connectivity index (χ4n) is 2.94. The largest absolute Gasteiger partial charge is 0.463 e. The molecule has 0 saturated carbocycles. The maximum atomic E-state index is 12.7. The lowest BCUT2D eigenvalue weighted by Gasteiger charge is -2.27. The molecule has 7 heteroatoms. The molecule has 1 atom stereocenters. The number of hydrogen-bond donors (Lipinski definition) is 0. The number of esters is 1. The predicted octanol–water partition coefficient (Wildman–Crippen LogP) is 4.01. The Kier molecular flexibility index (Phi) is 7.55.